The molecule has 1 radical (unpaired) electrons. The summed E-state index contributed by atoms with van der Waals surface area (Å²) in [4.78, 5) is 2.11. The van der Waals surface area contributed by atoms with Crippen molar-refractivity contribution >= 4 is 0 Å². The minimum atomic E-state index is 0. The second-order valence-electron chi connectivity index (χ2n) is 1.83. The summed E-state index contributed by atoms with van der Waals surface area (Å²) < 4.78 is 4.88. The molecule has 3 heteroatoms. The fourth-order valence-corrected chi connectivity index (χ4v) is 0.556. The van der Waals surface area contributed by atoms with Crippen molar-refractivity contribution in [3.05, 3.63) is 13.8 Å². The van der Waals surface area contributed by atoms with E-state index in [-0.39, 0.29) is 32.7 Å². The van der Waals surface area contributed by atoms with Gasteiger partial charge < -0.3 is 23.5 Å². The number of methoxy groups -OCH3 is 1. The molecule has 0 aliphatic carbocycles. The number of rotatable bonds is 5. The zero-order chi connectivity index (χ0) is 7.11. The Balaban J connectivity index is 0. The van der Waals surface area contributed by atoms with E-state index < -0.39 is 0 Å². The van der Waals surface area contributed by atoms with E-state index in [1.165, 1.54) is 0 Å². The second-order valence-corrected chi connectivity index (χ2v) is 1.83. The van der Waals surface area contributed by atoms with Crippen LogP contribution < -0.4 is 0 Å². The largest absolute Gasteiger partial charge is 0.383 e. The van der Waals surface area contributed by atoms with E-state index in [0.717, 1.165) is 26.2 Å². The summed E-state index contributed by atoms with van der Waals surface area (Å²) in [5.41, 5.74) is 0. The van der Waals surface area contributed by atoms with Gasteiger partial charge in [-0.15, -0.1) is 13.1 Å². The van der Waals surface area contributed by atoms with E-state index in [2.05, 4.69) is 18.7 Å². The van der Waals surface area contributed by atoms with Gasteiger partial charge in [0.05, 0.1) is 6.61 Å². The Bertz CT molecular complexity index is 57.6. The molecule has 10 heavy (non-hydrogen) atoms. The van der Waals surface area contributed by atoms with E-state index in [1.807, 2.05) is 0 Å². The van der Waals surface area contributed by atoms with E-state index in [4.69, 9.17) is 4.74 Å². The zero-order valence-corrected chi connectivity index (χ0v) is 9.51. The van der Waals surface area contributed by atoms with Crippen LogP contribution in [0.25, 0.3) is 0 Å². The van der Waals surface area contributed by atoms with Gasteiger partial charge in [0.1, 0.15) is 0 Å². The normalized spacial score (nSPS) is 9.60. The summed E-state index contributed by atoms with van der Waals surface area (Å²) in [6.45, 7) is 10.8. The molecule has 0 N–H and O–H groups in total. The zero-order valence-electron chi connectivity index (χ0n) is 6.68. The molecule has 0 aromatic heterocycles. The second kappa shape index (κ2) is 10.0. The summed E-state index contributed by atoms with van der Waals surface area (Å²) in [5, 5.41) is 0. The molecule has 0 saturated heterocycles. The van der Waals surface area contributed by atoms with E-state index in [9.17, 15) is 0 Å². The fourth-order valence-electron chi connectivity index (χ4n) is 0.556. The molecule has 0 bridgehead atoms. The summed E-state index contributed by atoms with van der Waals surface area (Å²) in [7, 11) is 1.70. The average Bonchev–Trinajstić information content (AvgIpc) is 1.91. The molecule has 0 unspecified atom stereocenters. The molecule has 0 amide bonds. The van der Waals surface area contributed by atoms with Crippen LogP contribution in [0.3, 0.4) is 0 Å². The van der Waals surface area contributed by atoms with Crippen molar-refractivity contribution < 1.29 is 37.4 Å². The van der Waals surface area contributed by atoms with E-state index in [0.29, 0.717) is 0 Å². The van der Waals surface area contributed by atoms with E-state index in [1.54, 1.807) is 7.11 Å². The average molecular weight is 218 g/mol. The molecule has 2 nitrogen and oxygen atoms in total. The van der Waals surface area contributed by atoms with Gasteiger partial charge in [-0.3, -0.25) is 0 Å². The van der Waals surface area contributed by atoms with Crippen molar-refractivity contribution in [3.63, 3.8) is 0 Å². The fraction of sp³-hybridized carbons (Fsp3) is 0.714. The first-order valence-electron chi connectivity index (χ1n) is 3.15. The molecule has 0 aliphatic rings. The predicted molar refractivity (Wildman–Crippen MR) is 39.0 cm³/mol. The molecule has 0 aromatic carbocycles. The quantitative estimate of drug-likeness (QED) is 0.626. The molecule has 59 valence electrons. The molecule has 0 atom stereocenters. The Kier molecular flexibility index (Phi) is 13.6. The maximum absolute atomic E-state index is 4.88. The monoisotopic (exact) mass is 218 g/mol. The first-order chi connectivity index (χ1) is 4.35. The van der Waals surface area contributed by atoms with Crippen molar-refractivity contribution in [2.24, 2.45) is 0 Å². The van der Waals surface area contributed by atoms with Crippen LogP contribution in [0.5, 0.6) is 0 Å². The first-order valence-corrected chi connectivity index (χ1v) is 3.15. The van der Waals surface area contributed by atoms with Crippen molar-refractivity contribution in [1.82, 2.24) is 4.90 Å². The Morgan fingerprint density at radius 1 is 1.30 bits per heavy atom. The van der Waals surface area contributed by atoms with Crippen LogP contribution in [0, 0.1) is 13.8 Å². The van der Waals surface area contributed by atoms with Crippen LogP contribution >= 0.6 is 0 Å². The Morgan fingerprint density at radius 3 is 2.10 bits per heavy atom. The van der Waals surface area contributed by atoms with Gasteiger partial charge in [0.2, 0.25) is 0 Å². The third-order valence-electron chi connectivity index (χ3n) is 1.24. The number of ether oxygens (including phenoxy) is 1. The molecule has 0 aliphatic heterocycles. The SMILES string of the molecule is [CH2-]CN(C[CH2-])CCOC.[Y]. The van der Waals surface area contributed by atoms with Gasteiger partial charge in [0, 0.05) is 46.4 Å². The molecule has 0 fully saturated rings. The van der Waals surface area contributed by atoms with Crippen LogP contribution in [0.2, 0.25) is 0 Å². The molecule has 0 rings (SSSR count). The summed E-state index contributed by atoms with van der Waals surface area (Å²) in [5.74, 6) is 0. The van der Waals surface area contributed by atoms with Gasteiger partial charge >= 0.3 is 0 Å². The third kappa shape index (κ3) is 7.13. The summed E-state index contributed by atoms with van der Waals surface area (Å²) in [6.07, 6.45) is 0. The Hall–Kier alpha value is 1.02. The number of hydrogen-bond donors (Lipinski definition) is 0. The van der Waals surface area contributed by atoms with Crippen molar-refractivity contribution in [2.75, 3.05) is 33.4 Å². The van der Waals surface area contributed by atoms with Crippen molar-refractivity contribution in [1.29, 1.82) is 0 Å². The minimum absolute atomic E-state index is 0. The van der Waals surface area contributed by atoms with Gasteiger partial charge in [-0.2, -0.15) is 0 Å². The molecule has 0 saturated carbocycles. The van der Waals surface area contributed by atoms with Gasteiger partial charge in [-0.25, -0.2) is 0 Å². The van der Waals surface area contributed by atoms with Gasteiger partial charge in [0.25, 0.3) is 0 Å². The van der Waals surface area contributed by atoms with Crippen LogP contribution in [0.1, 0.15) is 0 Å². The predicted octanol–water partition coefficient (Wildman–Crippen LogP) is 0.600. The first kappa shape index (κ1) is 13.6. The minimum Gasteiger partial charge on any atom is -0.383 e. The van der Waals surface area contributed by atoms with E-state index >= 15 is 0 Å². The molecule has 0 heterocycles. The van der Waals surface area contributed by atoms with Crippen LogP contribution in [0.4, 0.5) is 0 Å². The Labute approximate surface area is 89.2 Å². The van der Waals surface area contributed by atoms with Gasteiger partial charge in [0.15, 0.2) is 0 Å². The number of hydrogen-bond acceptors (Lipinski definition) is 2. The maximum Gasteiger partial charge on any atom is 0.0587 e. The summed E-state index contributed by atoms with van der Waals surface area (Å²) >= 11 is 0. The summed E-state index contributed by atoms with van der Waals surface area (Å²) in [6, 6.07) is 0. The third-order valence-corrected chi connectivity index (χ3v) is 1.24. The van der Waals surface area contributed by atoms with Crippen LogP contribution in [0.15, 0.2) is 0 Å². The topological polar surface area (TPSA) is 12.5 Å². The van der Waals surface area contributed by atoms with Crippen LogP contribution in [-0.4, -0.2) is 38.3 Å². The van der Waals surface area contributed by atoms with Crippen molar-refractivity contribution in [2.45, 2.75) is 0 Å². The molecule has 0 spiro atoms. The van der Waals surface area contributed by atoms with Gasteiger partial charge in [-0.1, -0.05) is 0 Å². The van der Waals surface area contributed by atoms with Crippen LogP contribution in [-0.2, 0) is 37.4 Å². The van der Waals surface area contributed by atoms with Gasteiger partial charge in [-0.05, 0) is 0 Å². The molecule has 0 aromatic rings. The number of nitrogens with zero attached hydrogens (tertiary/aromatic N) is 1. The molecular formula is C7H15NOY-2. The smallest absolute Gasteiger partial charge is 0.0587 e. The standard InChI is InChI=1S/C7H15NO.Y/c1-4-8(5-2)6-7-9-3;/h1-2,4-7H2,3H3;/q-2;. The van der Waals surface area contributed by atoms with Crippen molar-refractivity contribution in [3.8, 4) is 0 Å². The molecular weight excluding hydrogens is 203 g/mol. The Morgan fingerprint density at radius 2 is 1.80 bits per heavy atom. The maximum atomic E-state index is 4.88.